The SMILES string of the molecule is COCCOc1cc(NS(=O)(=O)c2cc(C(=O)OC)cc(C(=O)OC)c2)c(C(=O)O)cc1OC. The lowest BCUT2D eigenvalue weighted by Crippen LogP contribution is -2.18. The molecule has 0 bridgehead atoms. The van der Waals surface area contributed by atoms with Crippen LogP contribution in [0.1, 0.15) is 31.1 Å². The zero-order valence-corrected chi connectivity index (χ0v) is 19.6. The molecule has 0 saturated heterocycles. The Kier molecular flexibility index (Phi) is 8.81. The smallest absolute Gasteiger partial charge is 0.337 e. The van der Waals surface area contributed by atoms with Crippen LogP contribution in [0.2, 0.25) is 0 Å². The van der Waals surface area contributed by atoms with Gasteiger partial charge in [0.25, 0.3) is 10.0 Å². The number of carbonyl (C=O) groups is 3. The summed E-state index contributed by atoms with van der Waals surface area (Å²) >= 11 is 0. The molecule has 13 heteroatoms. The summed E-state index contributed by atoms with van der Waals surface area (Å²) in [7, 11) is 0.409. The number of nitrogens with one attached hydrogen (secondary N) is 1. The molecule has 12 nitrogen and oxygen atoms in total. The number of esters is 2. The summed E-state index contributed by atoms with van der Waals surface area (Å²) in [6.45, 7) is 0.288. The van der Waals surface area contributed by atoms with Crippen LogP contribution in [0.25, 0.3) is 0 Å². The van der Waals surface area contributed by atoms with Crippen LogP contribution in [0.4, 0.5) is 5.69 Å². The van der Waals surface area contributed by atoms with Gasteiger partial charge in [0.15, 0.2) is 11.5 Å². The maximum atomic E-state index is 13.1. The van der Waals surface area contributed by atoms with Crippen LogP contribution in [0, 0.1) is 0 Å². The molecular formula is C21H23NO11S. The number of sulfonamides is 1. The minimum absolute atomic E-state index is 0.0529. The minimum Gasteiger partial charge on any atom is -0.493 e. The summed E-state index contributed by atoms with van der Waals surface area (Å²) in [4.78, 5) is 35.2. The molecule has 2 aromatic rings. The summed E-state index contributed by atoms with van der Waals surface area (Å²) < 4.78 is 53.2. The van der Waals surface area contributed by atoms with Crippen molar-refractivity contribution in [1.29, 1.82) is 0 Å². The van der Waals surface area contributed by atoms with Crippen LogP contribution in [-0.4, -0.2) is 73.1 Å². The second kappa shape index (κ2) is 11.3. The van der Waals surface area contributed by atoms with Crippen molar-refractivity contribution in [3.8, 4) is 11.5 Å². The van der Waals surface area contributed by atoms with Crippen molar-refractivity contribution in [3.63, 3.8) is 0 Å². The second-order valence-electron chi connectivity index (χ2n) is 6.53. The molecular weight excluding hydrogens is 474 g/mol. The number of carbonyl (C=O) groups excluding carboxylic acids is 2. The van der Waals surface area contributed by atoms with Gasteiger partial charge in [-0.25, -0.2) is 22.8 Å². The van der Waals surface area contributed by atoms with E-state index >= 15 is 0 Å². The van der Waals surface area contributed by atoms with Gasteiger partial charge in [0.2, 0.25) is 0 Å². The zero-order chi connectivity index (χ0) is 25.5. The molecule has 0 unspecified atom stereocenters. The third kappa shape index (κ3) is 6.14. The predicted molar refractivity (Wildman–Crippen MR) is 117 cm³/mol. The van der Waals surface area contributed by atoms with Crippen LogP contribution in [0.15, 0.2) is 35.2 Å². The number of hydrogen-bond donors (Lipinski definition) is 2. The fourth-order valence-corrected chi connectivity index (χ4v) is 3.90. The van der Waals surface area contributed by atoms with Crippen molar-refractivity contribution in [1.82, 2.24) is 0 Å². The molecule has 0 aliphatic rings. The molecule has 0 atom stereocenters. The van der Waals surface area contributed by atoms with Crippen molar-refractivity contribution in [2.75, 3.05) is 46.4 Å². The van der Waals surface area contributed by atoms with E-state index in [1.165, 1.54) is 14.2 Å². The van der Waals surface area contributed by atoms with Crippen molar-refractivity contribution in [3.05, 3.63) is 47.0 Å². The van der Waals surface area contributed by atoms with E-state index in [1.807, 2.05) is 0 Å². The fraction of sp³-hybridized carbons (Fsp3) is 0.286. The van der Waals surface area contributed by atoms with Gasteiger partial charge in [0, 0.05) is 19.2 Å². The van der Waals surface area contributed by atoms with Crippen LogP contribution >= 0.6 is 0 Å². The average molecular weight is 497 g/mol. The Hall–Kier alpha value is -3.84. The molecule has 0 aliphatic carbocycles. The van der Waals surface area contributed by atoms with Crippen molar-refractivity contribution >= 4 is 33.6 Å². The first-order chi connectivity index (χ1) is 16.1. The van der Waals surface area contributed by atoms with E-state index < -0.39 is 38.4 Å². The highest BCUT2D eigenvalue weighted by Gasteiger charge is 2.25. The Bertz CT molecular complexity index is 1160. The second-order valence-corrected chi connectivity index (χ2v) is 8.21. The summed E-state index contributed by atoms with van der Waals surface area (Å²) in [6, 6.07) is 5.28. The quantitative estimate of drug-likeness (QED) is 0.343. The number of aromatic carboxylic acids is 1. The molecule has 0 saturated carbocycles. The molecule has 0 aromatic heterocycles. The molecule has 0 spiro atoms. The monoisotopic (exact) mass is 497 g/mol. The van der Waals surface area contributed by atoms with Crippen LogP contribution in [0.3, 0.4) is 0 Å². The Morgan fingerprint density at radius 3 is 1.91 bits per heavy atom. The van der Waals surface area contributed by atoms with Gasteiger partial charge in [-0.15, -0.1) is 0 Å². The fourth-order valence-electron chi connectivity index (χ4n) is 2.76. The minimum atomic E-state index is -4.51. The number of carboxylic acid groups (broad SMARTS) is 1. The molecule has 2 rings (SSSR count). The predicted octanol–water partition coefficient (Wildman–Crippen LogP) is 1.79. The Balaban J connectivity index is 2.60. The first kappa shape index (κ1) is 26.4. The van der Waals surface area contributed by atoms with Crippen molar-refractivity contribution < 1.29 is 51.6 Å². The third-order valence-electron chi connectivity index (χ3n) is 4.38. The molecule has 0 fully saturated rings. The Morgan fingerprint density at radius 1 is 0.853 bits per heavy atom. The normalized spacial score (nSPS) is 10.8. The van der Waals surface area contributed by atoms with Crippen LogP contribution in [-0.2, 0) is 24.2 Å². The van der Waals surface area contributed by atoms with Gasteiger partial charge in [0.1, 0.15) is 6.61 Å². The largest absolute Gasteiger partial charge is 0.493 e. The first-order valence-electron chi connectivity index (χ1n) is 9.49. The lowest BCUT2D eigenvalue weighted by Gasteiger charge is -2.16. The number of benzene rings is 2. The lowest BCUT2D eigenvalue weighted by atomic mass is 10.1. The van der Waals surface area contributed by atoms with Gasteiger partial charge >= 0.3 is 17.9 Å². The maximum Gasteiger partial charge on any atom is 0.337 e. The van der Waals surface area contributed by atoms with E-state index in [0.29, 0.717) is 0 Å². The van der Waals surface area contributed by atoms with Crippen molar-refractivity contribution in [2.45, 2.75) is 4.90 Å². The average Bonchev–Trinajstić information content (AvgIpc) is 2.82. The summed E-state index contributed by atoms with van der Waals surface area (Å²) in [5.41, 5.74) is -1.24. The molecule has 0 radical (unpaired) electrons. The van der Waals surface area contributed by atoms with Crippen LogP contribution < -0.4 is 14.2 Å². The summed E-state index contributed by atoms with van der Waals surface area (Å²) in [6.07, 6.45) is 0. The highest BCUT2D eigenvalue weighted by atomic mass is 32.2. The topological polar surface area (TPSA) is 164 Å². The lowest BCUT2D eigenvalue weighted by molar-refractivity contribution is 0.0596. The van der Waals surface area contributed by atoms with Gasteiger partial charge in [-0.05, 0) is 18.2 Å². The van der Waals surface area contributed by atoms with Gasteiger partial charge in [0.05, 0.1) is 55.2 Å². The van der Waals surface area contributed by atoms with Gasteiger partial charge in [-0.1, -0.05) is 0 Å². The van der Waals surface area contributed by atoms with Crippen molar-refractivity contribution in [2.24, 2.45) is 0 Å². The number of carboxylic acids is 1. The van der Waals surface area contributed by atoms with Gasteiger partial charge in [-0.2, -0.15) is 0 Å². The number of hydrogen-bond acceptors (Lipinski definition) is 10. The van der Waals surface area contributed by atoms with E-state index in [1.54, 1.807) is 0 Å². The number of rotatable bonds is 11. The summed E-state index contributed by atoms with van der Waals surface area (Å²) in [5.74, 6) is -3.13. The number of methoxy groups -OCH3 is 4. The molecule has 34 heavy (non-hydrogen) atoms. The number of ether oxygens (including phenoxy) is 5. The van der Waals surface area contributed by atoms with E-state index in [9.17, 15) is 27.9 Å². The van der Waals surface area contributed by atoms with Crippen LogP contribution in [0.5, 0.6) is 11.5 Å². The molecule has 0 heterocycles. The molecule has 0 aliphatic heterocycles. The molecule has 2 aromatic carbocycles. The molecule has 184 valence electrons. The maximum absolute atomic E-state index is 13.1. The van der Waals surface area contributed by atoms with E-state index in [2.05, 4.69) is 14.2 Å². The Labute approximate surface area is 195 Å². The van der Waals surface area contributed by atoms with E-state index in [0.717, 1.165) is 44.6 Å². The first-order valence-corrected chi connectivity index (χ1v) is 11.0. The third-order valence-corrected chi connectivity index (χ3v) is 5.73. The Morgan fingerprint density at radius 2 is 1.44 bits per heavy atom. The van der Waals surface area contributed by atoms with E-state index in [-0.39, 0.29) is 41.5 Å². The summed E-state index contributed by atoms with van der Waals surface area (Å²) in [5, 5.41) is 9.58. The van der Waals surface area contributed by atoms with Gasteiger partial charge in [-0.3, -0.25) is 4.72 Å². The zero-order valence-electron chi connectivity index (χ0n) is 18.7. The highest BCUT2D eigenvalue weighted by Crippen LogP contribution is 2.35. The number of anilines is 1. The van der Waals surface area contributed by atoms with E-state index in [4.69, 9.17) is 14.2 Å². The van der Waals surface area contributed by atoms with Gasteiger partial charge < -0.3 is 28.8 Å². The highest BCUT2D eigenvalue weighted by molar-refractivity contribution is 7.92. The molecule has 2 N–H and O–H groups in total. The molecule has 0 amide bonds. The standard InChI is InChI=1S/C21H23NO11S/c1-29-5-6-33-18-11-16(15(19(23)24)10-17(18)30-2)22-34(27,28)14-8-12(20(25)31-3)7-13(9-14)21(26)32-4/h7-11,22H,5-6H2,1-4H3,(H,23,24).